The normalized spacial score (nSPS) is 15.2. The summed E-state index contributed by atoms with van der Waals surface area (Å²) in [5, 5.41) is 3.22. The van der Waals surface area contributed by atoms with Crippen LogP contribution in [0.5, 0.6) is 5.75 Å². The van der Waals surface area contributed by atoms with Crippen LogP contribution in [0.4, 0.5) is 10.5 Å². The van der Waals surface area contributed by atoms with Gasteiger partial charge in [0, 0.05) is 5.02 Å². The summed E-state index contributed by atoms with van der Waals surface area (Å²) < 4.78 is 5.78. The largest absolute Gasteiger partial charge is 0.486 e. The van der Waals surface area contributed by atoms with Crippen molar-refractivity contribution in [3.63, 3.8) is 0 Å². The van der Waals surface area contributed by atoms with Crippen LogP contribution in [0, 0.1) is 0 Å². The van der Waals surface area contributed by atoms with Crippen LogP contribution in [-0.4, -0.2) is 17.8 Å². The third-order valence-corrected chi connectivity index (χ3v) is 6.53. The van der Waals surface area contributed by atoms with Crippen LogP contribution in [0.3, 0.4) is 0 Å². The number of hydrogen-bond donors (Lipinski definition) is 1. The summed E-state index contributed by atoms with van der Waals surface area (Å²) in [6, 6.07) is 16.4. The molecule has 0 bridgehead atoms. The fourth-order valence-electron chi connectivity index (χ4n) is 3.71. The fraction of sp³-hybridized carbons (Fsp3) is 0.179. The molecule has 0 atom stereocenters. The molecule has 1 fully saturated rings. The van der Waals surface area contributed by atoms with Crippen molar-refractivity contribution in [2.75, 3.05) is 4.90 Å². The number of rotatable bonds is 5. The highest BCUT2D eigenvalue weighted by Crippen LogP contribution is 2.36. The molecule has 0 radical (unpaired) electrons. The number of benzene rings is 3. The van der Waals surface area contributed by atoms with Gasteiger partial charge in [0.25, 0.3) is 11.8 Å². The van der Waals surface area contributed by atoms with Crippen molar-refractivity contribution < 1.29 is 19.1 Å². The summed E-state index contributed by atoms with van der Waals surface area (Å²) in [5.41, 5.74) is 2.31. The van der Waals surface area contributed by atoms with E-state index in [1.54, 1.807) is 24.3 Å². The number of carbonyl (C=O) groups excluding carboxylic acids is 3. The molecule has 0 spiro atoms. The minimum Gasteiger partial charge on any atom is -0.486 e. The maximum Gasteiger partial charge on any atom is 0.335 e. The lowest BCUT2D eigenvalue weighted by atomic mass is 9.87. The summed E-state index contributed by atoms with van der Waals surface area (Å²) >= 11 is 18.7. The van der Waals surface area contributed by atoms with Gasteiger partial charge in [-0.15, -0.1) is 0 Å². The van der Waals surface area contributed by atoms with Gasteiger partial charge in [0.05, 0.1) is 15.7 Å². The number of carbonyl (C=O) groups is 3. The van der Waals surface area contributed by atoms with Crippen molar-refractivity contribution in [3.05, 3.63) is 98.0 Å². The lowest BCUT2D eigenvalue weighted by molar-refractivity contribution is -0.122. The predicted molar refractivity (Wildman–Crippen MR) is 146 cm³/mol. The number of urea groups is 1. The second-order valence-corrected chi connectivity index (χ2v) is 10.7. The van der Waals surface area contributed by atoms with E-state index in [4.69, 9.17) is 39.5 Å². The van der Waals surface area contributed by atoms with Crippen molar-refractivity contribution in [2.45, 2.75) is 32.8 Å². The molecule has 1 aliphatic heterocycles. The average Bonchev–Trinajstić information content (AvgIpc) is 2.82. The van der Waals surface area contributed by atoms with Crippen molar-refractivity contribution in [1.82, 2.24) is 5.32 Å². The highest BCUT2D eigenvalue weighted by Gasteiger charge is 2.37. The number of hydrogen-bond acceptors (Lipinski definition) is 4. The maximum absolute atomic E-state index is 13.2. The molecule has 1 N–H and O–H groups in total. The Hall–Kier alpha value is -3.32. The van der Waals surface area contributed by atoms with E-state index in [1.165, 1.54) is 18.2 Å². The molecule has 0 aromatic heterocycles. The topological polar surface area (TPSA) is 75.7 Å². The molecule has 1 saturated heterocycles. The second kappa shape index (κ2) is 10.6. The second-order valence-electron chi connectivity index (χ2n) is 9.48. The van der Waals surface area contributed by atoms with Crippen LogP contribution in [0.25, 0.3) is 6.08 Å². The van der Waals surface area contributed by atoms with Crippen molar-refractivity contribution >= 4 is 64.4 Å². The SMILES string of the molecule is CC(C)(C)c1ccc(N2C(=O)NC(=O)/C(=C/c3cc(Cl)c(OCc4ccc(Cl)cc4)c(Cl)c3)C2=O)cc1. The lowest BCUT2D eigenvalue weighted by Gasteiger charge is -2.27. The van der Waals surface area contributed by atoms with Gasteiger partial charge in [-0.2, -0.15) is 0 Å². The number of nitrogens with zero attached hydrogens (tertiary/aromatic N) is 1. The number of halogens is 3. The van der Waals surface area contributed by atoms with Crippen LogP contribution in [0.15, 0.2) is 66.2 Å². The smallest absolute Gasteiger partial charge is 0.335 e. The van der Waals surface area contributed by atoms with Gasteiger partial charge in [0.1, 0.15) is 12.2 Å². The summed E-state index contributed by atoms with van der Waals surface area (Å²) in [7, 11) is 0. The van der Waals surface area contributed by atoms with Crippen LogP contribution in [0.2, 0.25) is 15.1 Å². The molecule has 0 saturated carbocycles. The van der Waals surface area contributed by atoms with E-state index in [-0.39, 0.29) is 33.4 Å². The zero-order valence-electron chi connectivity index (χ0n) is 20.3. The van der Waals surface area contributed by atoms with E-state index in [2.05, 4.69) is 26.1 Å². The predicted octanol–water partition coefficient (Wildman–Crippen LogP) is 7.19. The number of imide groups is 2. The van der Waals surface area contributed by atoms with Gasteiger partial charge in [0.2, 0.25) is 0 Å². The Kier molecular flexibility index (Phi) is 7.64. The minimum absolute atomic E-state index is 0.100. The van der Waals surface area contributed by atoms with E-state index >= 15 is 0 Å². The lowest BCUT2D eigenvalue weighted by Crippen LogP contribution is -2.54. The number of nitrogens with one attached hydrogen (secondary N) is 1. The first-order valence-corrected chi connectivity index (χ1v) is 12.5. The molecule has 9 heteroatoms. The van der Waals surface area contributed by atoms with E-state index < -0.39 is 17.8 Å². The van der Waals surface area contributed by atoms with Crippen LogP contribution in [0.1, 0.15) is 37.5 Å². The van der Waals surface area contributed by atoms with Crippen LogP contribution >= 0.6 is 34.8 Å². The first-order chi connectivity index (χ1) is 17.4. The zero-order chi connectivity index (χ0) is 26.9. The minimum atomic E-state index is -0.822. The quantitative estimate of drug-likeness (QED) is 0.266. The Morgan fingerprint density at radius 2 is 1.49 bits per heavy atom. The first kappa shape index (κ1) is 26.7. The van der Waals surface area contributed by atoms with Gasteiger partial charge in [-0.05, 0) is 64.6 Å². The third-order valence-electron chi connectivity index (χ3n) is 5.72. The van der Waals surface area contributed by atoms with E-state index in [1.807, 2.05) is 24.3 Å². The van der Waals surface area contributed by atoms with Gasteiger partial charge in [-0.25, -0.2) is 9.69 Å². The Morgan fingerprint density at radius 3 is 2.05 bits per heavy atom. The molecule has 3 aromatic carbocycles. The zero-order valence-corrected chi connectivity index (χ0v) is 22.5. The summed E-state index contributed by atoms with van der Waals surface area (Å²) in [6.45, 7) is 6.39. The number of barbiturate groups is 1. The number of ether oxygens (including phenoxy) is 1. The van der Waals surface area contributed by atoms with Crippen LogP contribution < -0.4 is 15.0 Å². The summed E-state index contributed by atoms with van der Waals surface area (Å²) in [4.78, 5) is 39.2. The van der Waals surface area contributed by atoms with Gasteiger partial charge in [-0.1, -0.05) is 79.8 Å². The standard InChI is InChI=1S/C28H23Cl3N2O4/c1-28(2,3)18-6-10-20(11-7-18)33-26(35)21(25(34)32-27(33)36)12-17-13-22(30)24(23(31)14-17)37-15-16-4-8-19(29)9-5-16/h4-14H,15H2,1-3H3,(H,32,34,36)/b21-12-. The van der Waals surface area contributed by atoms with Gasteiger partial charge >= 0.3 is 6.03 Å². The van der Waals surface area contributed by atoms with Crippen molar-refractivity contribution in [1.29, 1.82) is 0 Å². The molecule has 4 amide bonds. The Balaban J connectivity index is 1.59. The van der Waals surface area contributed by atoms with Gasteiger partial charge < -0.3 is 4.74 Å². The third kappa shape index (κ3) is 5.99. The molecular weight excluding hydrogens is 535 g/mol. The van der Waals surface area contributed by atoms with Gasteiger partial charge in [0.15, 0.2) is 5.75 Å². The summed E-state index contributed by atoms with van der Waals surface area (Å²) in [5.74, 6) is -1.31. The summed E-state index contributed by atoms with van der Waals surface area (Å²) in [6.07, 6.45) is 1.33. The Morgan fingerprint density at radius 1 is 0.892 bits per heavy atom. The molecule has 190 valence electrons. The highest BCUT2D eigenvalue weighted by molar-refractivity contribution is 6.40. The molecule has 1 aliphatic rings. The number of amides is 4. The first-order valence-electron chi connectivity index (χ1n) is 11.3. The molecule has 0 aliphatic carbocycles. The van der Waals surface area contributed by atoms with E-state index in [0.717, 1.165) is 16.0 Å². The Bertz CT molecular complexity index is 1390. The Labute approximate surface area is 229 Å². The average molecular weight is 558 g/mol. The maximum atomic E-state index is 13.2. The molecule has 1 heterocycles. The van der Waals surface area contributed by atoms with Crippen molar-refractivity contribution in [3.8, 4) is 5.75 Å². The molecule has 0 unspecified atom stereocenters. The molecule has 4 rings (SSSR count). The van der Waals surface area contributed by atoms with Gasteiger partial charge in [-0.3, -0.25) is 14.9 Å². The number of anilines is 1. The van der Waals surface area contributed by atoms with E-state index in [0.29, 0.717) is 16.3 Å². The molecule has 37 heavy (non-hydrogen) atoms. The van der Waals surface area contributed by atoms with E-state index in [9.17, 15) is 14.4 Å². The monoisotopic (exact) mass is 556 g/mol. The molecule has 6 nitrogen and oxygen atoms in total. The van der Waals surface area contributed by atoms with Crippen molar-refractivity contribution in [2.24, 2.45) is 0 Å². The van der Waals surface area contributed by atoms with Crippen LogP contribution in [-0.2, 0) is 21.6 Å². The molecular formula is C28H23Cl3N2O4. The molecule has 3 aromatic rings. The highest BCUT2D eigenvalue weighted by atomic mass is 35.5. The fourth-order valence-corrected chi connectivity index (χ4v) is 4.45.